The van der Waals surface area contributed by atoms with Gasteiger partial charge in [0.05, 0.1) is 0 Å². The molecule has 0 unspecified atom stereocenters. The van der Waals surface area contributed by atoms with Gasteiger partial charge in [-0.05, 0) is 11.8 Å². The van der Waals surface area contributed by atoms with Crippen LogP contribution in [0.25, 0.3) is 11.1 Å². The smallest absolute Gasteiger partial charge is 0.406 e. The summed E-state index contributed by atoms with van der Waals surface area (Å²) in [7, 11) is 0. The second kappa shape index (κ2) is 4.95. The van der Waals surface area contributed by atoms with Gasteiger partial charge in [0.2, 0.25) is 0 Å². The molecule has 0 aliphatic heterocycles. The Morgan fingerprint density at radius 3 is 2.29 bits per heavy atom. The van der Waals surface area contributed by atoms with Crippen molar-refractivity contribution in [2.24, 2.45) is 0 Å². The SMILES string of the molecule is Nc1ccccc1-c1[c-]cccc1.[Pd+2]. The molecule has 2 aromatic rings. The molecular weight excluding hydrogens is 265 g/mol. The predicted octanol–water partition coefficient (Wildman–Crippen LogP) is 2.73. The van der Waals surface area contributed by atoms with E-state index in [1.807, 2.05) is 48.5 Å². The van der Waals surface area contributed by atoms with Gasteiger partial charge in [-0.2, -0.15) is 0 Å². The molecule has 14 heavy (non-hydrogen) atoms. The van der Waals surface area contributed by atoms with Crippen molar-refractivity contribution in [1.29, 1.82) is 0 Å². The summed E-state index contributed by atoms with van der Waals surface area (Å²) in [5, 5.41) is 0. The third kappa shape index (κ3) is 2.23. The number of rotatable bonds is 1. The van der Waals surface area contributed by atoms with Crippen LogP contribution in [0.2, 0.25) is 0 Å². The van der Waals surface area contributed by atoms with Gasteiger partial charge in [0.25, 0.3) is 0 Å². The number of hydrogen-bond acceptors (Lipinski definition) is 1. The maximum atomic E-state index is 5.83. The van der Waals surface area contributed by atoms with E-state index in [9.17, 15) is 0 Å². The fourth-order valence-corrected chi connectivity index (χ4v) is 1.30. The molecule has 0 aromatic heterocycles. The van der Waals surface area contributed by atoms with Crippen molar-refractivity contribution < 1.29 is 20.4 Å². The molecule has 0 amide bonds. The molecule has 2 rings (SSSR count). The second-order valence-corrected chi connectivity index (χ2v) is 2.86. The van der Waals surface area contributed by atoms with Crippen LogP contribution >= 0.6 is 0 Å². The summed E-state index contributed by atoms with van der Waals surface area (Å²) < 4.78 is 0. The van der Waals surface area contributed by atoms with Crippen LogP contribution in [-0.2, 0) is 20.4 Å². The van der Waals surface area contributed by atoms with Gasteiger partial charge in [0, 0.05) is 0 Å². The molecule has 0 saturated carbocycles. The average molecular weight is 275 g/mol. The standard InChI is InChI=1S/C12H10N.Pd/c13-12-9-5-4-8-11(12)10-6-2-1-3-7-10;/h1-6,8-9H,13H2;/q-1;+2. The molecule has 2 N–H and O–H groups in total. The van der Waals surface area contributed by atoms with Crippen molar-refractivity contribution in [3.8, 4) is 11.1 Å². The molecule has 1 nitrogen and oxygen atoms in total. The molecular formula is C12H10NPd+. The predicted molar refractivity (Wildman–Crippen MR) is 55.1 cm³/mol. The molecule has 2 aromatic carbocycles. The summed E-state index contributed by atoms with van der Waals surface area (Å²) in [6, 6.07) is 18.8. The van der Waals surface area contributed by atoms with E-state index >= 15 is 0 Å². The fraction of sp³-hybridized carbons (Fsp3) is 0. The van der Waals surface area contributed by atoms with Crippen LogP contribution in [-0.4, -0.2) is 0 Å². The molecule has 0 aliphatic rings. The van der Waals surface area contributed by atoms with Crippen LogP contribution in [0.4, 0.5) is 5.69 Å². The van der Waals surface area contributed by atoms with E-state index in [4.69, 9.17) is 5.73 Å². The number of para-hydroxylation sites is 1. The van der Waals surface area contributed by atoms with Crippen molar-refractivity contribution in [2.45, 2.75) is 0 Å². The first-order valence-corrected chi connectivity index (χ1v) is 4.19. The Bertz CT molecular complexity index is 398. The van der Waals surface area contributed by atoms with Crippen molar-refractivity contribution in [2.75, 3.05) is 5.73 Å². The molecule has 0 fully saturated rings. The second-order valence-electron chi connectivity index (χ2n) is 2.86. The number of benzene rings is 2. The van der Waals surface area contributed by atoms with E-state index in [1.165, 1.54) is 0 Å². The maximum absolute atomic E-state index is 5.83. The van der Waals surface area contributed by atoms with Crippen LogP contribution in [0.5, 0.6) is 0 Å². The van der Waals surface area contributed by atoms with Crippen molar-refractivity contribution in [1.82, 2.24) is 0 Å². The van der Waals surface area contributed by atoms with Crippen LogP contribution in [0, 0.1) is 6.07 Å². The number of nitrogens with two attached hydrogens (primary N) is 1. The molecule has 72 valence electrons. The Labute approximate surface area is 97.6 Å². The van der Waals surface area contributed by atoms with Crippen molar-refractivity contribution in [3.05, 3.63) is 54.6 Å². The van der Waals surface area contributed by atoms with Gasteiger partial charge >= 0.3 is 20.4 Å². The largest absolute Gasteiger partial charge is 2.00 e. The first-order chi connectivity index (χ1) is 6.38. The van der Waals surface area contributed by atoms with E-state index in [0.717, 1.165) is 16.8 Å². The first kappa shape index (κ1) is 11.0. The van der Waals surface area contributed by atoms with Crippen LogP contribution in [0.15, 0.2) is 48.5 Å². The van der Waals surface area contributed by atoms with E-state index in [-0.39, 0.29) is 20.4 Å². The maximum Gasteiger partial charge on any atom is 2.00 e. The third-order valence-corrected chi connectivity index (χ3v) is 1.96. The molecule has 0 heterocycles. The normalized spacial score (nSPS) is 9.14. The summed E-state index contributed by atoms with van der Waals surface area (Å²) in [4.78, 5) is 0. The molecule has 0 spiro atoms. The monoisotopic (exact) mass is 274 g/mol. The summed E-state index contributed by atoms with van der Waals surface area (Å²) in [5.41, 5.74) is 8.72. The molecule has 0 radical (unpaired) electrons. The average Bonchev–Trinajstić information content (AvgIpc) is 2.20. The molecule has 0 aliphatic carbocycles. The van der Waals surface area contributed by atoms with Crippen molar-refractivity contribution >= 4 is 5.69 Å². The summed E-state index contributed by atoms with van der Waals surface area (Å²) in [5.74, 6) is 0. The van der Waals surface area contributed by atoms with E-state index in [0.29, 0.717) is 0 Å². The van der Waals surface area contributed by atoms with Gasteiger partial charge < -0.3 is 5.73 Å². The number of anilines is 1. The summed E-state index contributed by atoms with van der Waals surface area (Å²) in [6.07, 6.45) is 0. The van der Waals surface area contributed by atoms with Crippen LogP contribution < -0.4 is 5.73 Å². The van der Waals surface area contributed by atoms with Crippen LogP contribution in [0.1, 0.15) is 0 Å². The van der Waals surface area contributed by atoms with Gasteiger partial charge in [-0.1, -0.05) is 23.8 Å². The Morgan fingerprint density at radius 1 is 0.929 bits per heavy atom. The fourth-order valence-electron chi connectivity index (χ4n) is 1.30. The zero-order valence-corrected chi connectivity index (χ0v) is 9.07. The number of hydrogen-bond donors (Lipinski definition) is 1. The Hall–Kier alpha value is -1.10. The quantitative estimate of drug-likeness (QED) is 0.483. The summed E-state index contributed by atoms with van der Waals surface area (Å²) in [6.45, 7) is 0. The van der Waals surface area contributed by atoms with E-state index < -0.39 is 0 Å². The molecule has 0 bridgehead atoms. The Morgan fingerprint density at radius 2 is 1.64 bits per heavy atom. The minimum Gasteiger partial charge on any atom is -0.406 e. The first-order valence-electron chi connectivity index (χ1n) is 4.19. The van der Waals surface area contributed by atoms with Gasteiger partial charge in [-0.25, -0.2) is 0 Å². The summed E-state index contributed by atoms with van der Waals surface area (Å²) >= 11 is 0. The topological polar surface area (TPSA) is 26.0 Å². The van der Waals surface area contributed by atoms with Gasteiger partial charge in [0.1, 0.15) is 0 Å². The minimum absolute atomic E-state index is 0. The van der Waals surface area contributed by atoms with Gasteiger partial charge in [-0.3, -0.25) is 0 Å². The molecule has 0 saturated heterocycles. The van der Waals surface area contributed by atoms with Gasteiger partial charge in [0.15, 0.2) is 0 Å². The Kier molecular flexibility index (Phi) is 3.88. The zero-order valence-electron chi connectivity index (χ0n) is 7.51. The zero-order chi connectivity index (χ0) is 9.10. The number of nitrogen functional groups attached to an aromatic ring is 1. The van der Waals surface area contributed by atoms with Gasteiger partial charge in [-0.15, -0.1) is 35.9 Å². The molecule has 0 atom stereocenters. The van der Waals surface area contributed by atoms with E-state index in [1.54, 1.807) is 0 Å². The minimum atomic E-state index is 0. The third-order valence-electron chi connectivity index (χ3n) is 1.96. The van der Waals surface area contributed by atoms with E-state index in [2.05, 4.69) is 6.07 Å². The van der Waals surface area contributed by atoms with Crippen molar-refractivity contribution in [3.63, 3.8) is 0 Å². The Balaban J connectivity index is 0.000000980. The molecule has 2 heteroatoms. The van der Waals surface area contributed by atoms with Crippen LogP contribution in [0.3, 0.4) is 0 Å².